The fraction of sp³-hybridized carbons (Fsp3) is 0.615. The number of nitrogens with zero attached hydrogens (tertiary/aromatic N) is 4. The number of hydrogen-bond donors (Lipinski definition) is 0. The first kappa shape index (κ1) is 52.2. The molecule has 0 saturated heterocycles. The highest BCUT2D eigenvalue weighted by atomic mass is 16.5. The van der Waals surface area contributed by atoms with Crippen LogP contribution < -0.4 is 9.47 Å². The number of hydrogen-bond acceptors (Lipinski definition) is 6. The molecule has 0 radical (unpaired) electrons. The fourth-order valence-corrected chi connectivity index (χ4v) is 5.83. The van der Waals surface area contributed by atoms with Crippen molar-refractivity contribution in [1.82, 2.24) is 19.9 Å². The van der Waals surface area contributed by atoms with Gasteiger partial charge >= 0.3 is 0 Å². The van der Waals surface area contributed by atoms with Crippen molar-refractivity contribution < 1.29 is 9.47 Å². The standard InChI is InChI=1S/C14H23N.C13H21NO.C13H21N.C12H19NO/c1-11(2)5-7-14-8-6-13(10-15-14)9-12(3)4;1-10(2)7-12-5-6-13(8-14-12)15-9-11(3)4;1-10(2)7-12-5-6-13(14-9-12)8-11(3)4;1-9(2)7-11-5-6-12(13-8-11)14-10(3)4/h6,8,10-12H,5,7,9H2,1-4H3;5-6,8,10-11H,7,9H2,1-4H3;5-6,9-11H,7-8H2,1-4H3;5-6,8-10H,7H2,1-4H3. The second-order valence-electron chi connectivity index (χ2n) is 19.1. The predicted octanol–water partition coefficient (Wildman–Crippen LogP) is 13.7. The van der Waals surface area contributed by atoms with Gasteiger partial charge in [-0.05, 0) is 141 Å². The molecule has 6 heteroatoms. The SMILES string of the molecule is CC(C)CCc1ccc(CC(C)C)cn1.CC(C)COc1ccc(CC(C)C)nc1.CC(C)Cc1ccc(CC(C)C)nc1.CC(C)Cc1ccc(OC(C)C)nc1. The number of pyridine rings is 4. The average Bonchev–Trinajstić information content (AvgIpc) is 3.12. The third-order valence-corrected chi connectivity index (χ3v) is 8.45. The predicted molar refractivity (Wildman–Crippen MR) is 249 cm³/mol. The van der Waals surface area contributed by atoms with E-state index in [9.17, 15) is 0 Å². The molecular weight excluding hydrogens is 713 g/mol. The summed E-state index contributed by atoms with van der Waals surface area (Å²) in [6, 6.07) is 16.9. The number of aryl methyl sites for hydroxylation is 1. The highest BCUT2D eigenvalue weighted by Crippen LogP contribution is 2.15. The van der Waals surface area contributed by atoms with E-state index in [0.29, 0.717) is 41.4 Å². The lowest BCUT2D eigenvalue weighted by atomic mass is 10.0. The molecule has 0 aliphatic heterocycles. The van der Waals surface area contributed by atoms with Crippen LogP contribution in [0.2, 0.25) is 0 Å². The summed E-state index contributed by atoms with van der Waals surface area (Å²) in [5.41, 5.74) is 7.58. The molecule has 0 aromatic carbocycles. The Labute approximate surface area is 356 Å². The Bertz CT molecular complexity index is 1380. The molecule has 0 spiro atoms. The van der Waals surface area contributed by atoms with E-state index in [2.05, 4.69) is 153 Å². The Balaban J connectivity index is 0.000000387. The van der Waals surface area contributed by atoms with Crippen LogP contribution in [0.15, 0.2) is 73.3 Å². The highest BCUT2D eigenvalue weighted by Gasteiger charge is 2.04. The van der Waals surface area contributed by atoms with E-state index in [4.69, 9.17) is 9.47 Å². The first-order valence-corrected chi connectivity index (χ1v) is 22.4. The van der Waals surface area contributed by atoms with Gasteiger partial charge in [0.1, 0.15) is 5.75 Å². The smallest absolute Gasteiger partial charge is 0.213 e. The normalized spacial score (nSPS) is 11.2. The second kappa shape index (κ2) is 29.4. The summed E-state index contributed by atoms with van der Waals surface area (Å²) in [5.74, 6) is 6.36. The summed E-state index contributed by atoms with van der Waals surface area (Å²) in [6.45, 7) is 35.8. The Kier molecular flexibility index (Phi) is 26.5. The number of ether oxygens (including phenoxy) is 2. The zero-order chi connectivity index (χ0) is 43.6. The molecule has 0 unspecified atom stereocenters. The van der Waals surface area contributed by atoms with Crippen molar-refractivity contribution in [3.8, 4) is 11.6 Å². The van der Waals surface area contributed by atoms with E-state index in [1.165, 1.54) is 34.5 Å². The van der Waals surface area contributed by atoms with E-state index < -0.39 is 0 Å². The largest absolute Gasteiger partial charge is 0.492 e. The molecule has 0 N–H and O–H groups in total. The summed E-state index contributed by atoms with van der Waals surface area (Å²) < 4.78 is 11.0. The van der Waals surface area contributed by atoms with Crippen LogP contribution in [0.4, 0.5) is 0 Å². The summed E-state index contributed by atoms with van der Waals surface area (Å²) in [6.07, 6.45) is 15.8. The zero-order valence-electron chi connectivity index (χ0n) is 39.8. The molecule has 0 fully saturated rings. The van der Waals surface area contributed by atoms with Gasteiger partial charge in [0, 0.05) is 41.7 Å². The molecule has 0 atom stereocenters. The third kappa shape index (κ3) is 27.8. The van der Waals surface area contributed by atoms with Gasteiger partial charge in [-0.1, -0.05) is 115 Å². The molecule has 4 rings (SSSR count). The Hall–Kier alpha value is -3.80. The molecule has 0 aliphatic carbocycles. The molecule has 6 nitrogen and oxygen atoms in total. The molecule has 4 aromatic rings. The van der Waals surface area contributed by atoms with Crippen LogP contribution in [0.5, 0.6) is 11.6 Å². The van der Waals surface area contributed by atoms with Gasteiger partial charge in [0.05, 0.1) is 18.9 Å². The van der Waals surface area contributed by atoms with Crippen LogP contribution >= 0.6 is 0 Å². The topological polar surface area (TPSA) is 70.0 Å². The van der Waals surface area contributed by atoms with Crippen molar-refractivity contribution in [2.45, 2.75) is 162 Å². The van der Waals surface area contributed by atoms with E-state index >= 15 is 0 Å². The molecule has 4 aromatic heterocycles. The van der Waals surface area contributed by atoms with Gasteiger partial charge in [-0.25, -0.2) is 4.98 Å². The van der Waals surface area contributed by atoms with Gasteiger partial charge in [0.15, 0.2) is 0 Å². The summed E-state index contributed by atoms with van der Waals surface area (Å²) in [5, 5.41) is 0. The van der Waals surface area contributed by atoms with Gasteiger partial charge in [-0.2, -0.15) is 0 Å². The Morgan fingerprint density at radius 3 is 1.14 bits per heavy atom. The maximum absolute atomic E-state index is 5.56. The molecule has 0 aliphatic rings. The van der Waals surface area contributed by atoms with Crippen molar-refractivity contribution in [2.24, 2.45) is 41.4 Å². The minimum Gasteiger partial charge on any atom is -0.492 e. The van der Waals surface area contributed by atoms with Crippen LogP contribution in [0, 0.1) is 41.4 Å². The van der Waals surface area contributed by atoms with E-state index in [-0.39, 0.29) is 6.10 Å². The molecule has 0 bridgehead atoms. The first-order valence-electron chi connectivity index (χ1n) is 22.4. The van der Waals surface area contributed by atoms with E-state index in [1.54, 1.807) is 0 Å². The summed E-state index contributed by atoms with van der Waals surface area (Å²) in [7, 11) is 0. The van der Waals surface area contributed by atoms with Crippen LogP contribution in [-0.2, 0) is 38.5 Å². The third-order valence-electron chi connectivity index (χ3n) is 8.45. The van der Waals surface area contributed by atoms with E-state index in [0.717, 1.165) is 62.5 Å². The number of aromatic nitrogens is 4. The maximum Gasteiger partial charge on any atom is 0.213 e. The van der Waals surface area contributed by atoms with Crippen molar-refractivity contribution in [1.29, 1.82) is 0 Å². The average molecular weight is 797 g/mol. The molecule has 0 amide bonds. The van der Waals surface area contributed by atoms with Gasteiger partial charge < -0.3 is 9.47 Å². The maximum atomic E-state index is 5.56. The van der Waals surface area contributed by atoms with Crippen molar-refractivity contribution >= 4 is 0 Å². The fourth-order valence-electron chi connectivity index (χ4n) is 5.83. The second-order valence-corrected chi connectivity index (χ2v) is 19.1. The molecule has 58 heavy (non-hydrogen) atoms. The van der Waals surface area contributed by atoms with Crippen LogP contribution in [0.1, 0.15) is 151 Å². The van der Waals surface area contributed by atoms with E-state index in [1.807, 2.05) is 50.8 Å². The van der Waals surface area contributed by atoms with Gasteiger partial charge in [-0.3, -0.25) is 15.0 Å². The lowest BCUT2D eigenvalue weighted by Crippen LogP contribution is -2.07. The molecule has 324 valence electrons. The molecular formula is C52H84N4O2. The summed E-state index contributed by atoms with van der Waals surface area (Å²) >= 11 is 0. The quantitative estimate of drug-likeness (QED) is 0.0999. The van der Waals surface area contributed by atoms with Crippen molar-refractivity contribution in [3.05, 3.63) is 107 Å². The van der Waals surface area contributed by atoms with Gasteiger partial charge in [0.25, 0.3) is 0 Å². The van der Waals surface area contributed by atoms with Crippen LogP contribution in [-0.4, -0.2) is 32.6 Å². The zero-order valence-corrected chi connectivity index (χ0v) is 39.8. The van der Waals surface area contributed by atoms with Crippen LogP contribution in [0.25, 0.3) is 0 Å². The lowest BCUT2D eigenvalue weighted by Gasteiger charge is -2.09. The highest BCUT2D eigenvalue weighted by molar-refractivity contribution is 5.20. The van der Waals surface area contributed by atoms with Crippen molar-refractivity contribution in [3.63, 3.8) is 0 Å². The molecule has 4 heterocycles. The monoisotopic (exact) mass is 797 g/mol. The minimum atomic E-state index is 0.193. The van der Waals surface area contributed by atoms with Crippen LogP contribution in [0.3, 0.4) is 0 Å². The van der Waals surface area contributed by atoms with Gasteiger partial charge in [0.2, 0.25) is 5.88 Å². The van der Waals surface area contributed by atoms with Gasteiger partial charge in [-0.15, -0.1) is 0 Å². The first-order chi connectivity index (χ1) is 27.3. The molecule has 0 saturated carbocycles. The minimum absolute atomic E-state index is 0.193. The summed E-state index contributed by atoms with van der Waals surface area (Å²) in [4.78, 5) is 17.6. The Morgan fingerprint density at radius 2 is 0.810 bits per heavy atom. The Morgan fingerprint density at radius 1 is 0.397 bits per heavy atom. The lowest BCUT2D eigenvalue weighted by molar-refractivity contribution is 0.232. The number of rotatable bonds is 18. The van der Waals surface area contributed by atoms with Crippen molar-refractivity contribution in [2.75, 3.05) is 6.61 Å².